The van der Waals surface area contributed by atoms with Crippen LogP contribution in [0.25, 0.3) is 0 Å². The SMILES string of the molecule is C[C@@H](Sc1nnc(Cc2cccs2)n1C1CC1)C(=O)Nc1cccc(S(N)(=O)=O)c1. The summed E-state index contributed by atoms with van der Waals surface area (Å²) >= 11 is 3.03. The van der Waals surface area contributed by atoms with Gasteiger partial charge in [-0.15, -0.1) is 21.5 Å². The van der Waals surface area contributed by atoms with E-state index in [4.69, 9.17) is 5.14 Å². The number of hydrogen-bond donors (Lipinski definition) is 2. The van der Waals surface area contributed by atoms with Crippen molar-refractivity contribution in [2.45, 2.75) is 47.5 Å². The molecule has 4 rings (SSSR count). The Morgan fingerprint density at radius 3 is 2.80 bits per heavy atom. The molecule has 3 aromatic rings. The van der Waals surface area contributed by atoms with Crippen molar-refractivity contribution in [3.8, 4) is 0 Å². The van der Waals surface area contributed by atoms with Crippen LogP contribution in [0.3, 0.4) is 0 Å². The fourth-order valence-electron chi connectivity index (χ4n) is 2.98. The average Bonchev–Trinajstić information content (AvgIpc) is 3.25. The van der Waals surface area contributed by atoms with Crippen molar-refractivity contribution in [3.63, 3.8) is 0 Å². The number of aromatic nitrogens is 3. The molecule has 2 aromatic heterocycles. The molecule has 30 heavy (non-hydrogen) atoms. The Hall–Kier alpha value is -2.21. The van der Waals surface area contributed by atoms with E-state index in [-0.39, 0.29) is 10.8 Å². The maximum atomic E-state index is 12.7. The van der Waals surface area contributed by atoms with Crippen LogP contribution in [0.4, 0.5) is 5.69 Å². The summed E-state index contributed by atoms with van der Waals surface area (Å²) in [6, 6.07) is 10.4. The molecular weight excluding hydrogens is 442 g/mol. The number of nitrogens with two attached hydrogens (primary N) is 1. The fraction of sp³-hybridized carbons (Fsp3) is 0.316. The molecule has 1 saturated carbocycles. The van der Waals surface area contributed by atoms with E-state index in [2.05, 4.69) is 26.1 Å². The van der Waals surface area contributed by atoms with Crippen LogP contribution in [0.15, 0.2) is 51.8 Å². The highest BCUT2D eigenvalue weighted by molar-refractivity contribution is 8.00. The number of carbonyl (C=O) groups excluding carboxylic acids is 1. The van der Waals surface area contributed by atoms with E-state index in [0.29, 0.717) is 11.7 Å². The smallest absolute Gasteiger partial charge is 0.238 e. The van der Waals surface area contributed by atoms with Gasteiger partial charge in [-0.05, 0) is 49.4 Å². The molecule has 0 aliphatic heterocycles. The third-order valence-electron chi connectivity index (χ3n) is 4.64. The van der Waals surface area contributed by atoms with Crippen LogP contribution in [0.1, 0.15) is 36.5 Å². The van der Waals surface area contributed by atoms with Crippen molar-refractivity contribution >= 4 is 44.7 Å². The van der Waals surface area contributed by atoms with Gasteiger partial charge in [-0.2, -0.15) is 0 Å². The number of thiophene rings is 1. The molecule has 0 radical (unpaired) electrons. The van der Waals surface area contributed by atoms with Crippen LogP contribution in [0.5, 0.6) is 0 Å². The van der Waals surface area contributed by atoms with Gasteiger partial charge in [-0.3, -0.25) is 4.79 Å². The lowest BCUT2D eigenvalue weighted by atomic mass is 10.3. The first-order valence-electron chi connectivity index (χ1n) is 9.38. The quantitative estimate of drug-likeness (QED) is 0.496. The Morgan fingerprint density at radius 2 is 2.13 bits per heavy atom. The topological polar surface area (TPSA) is 120 Å². The molecule has 1 amide bonds. The minimum absolute atomic E-state index is 0.0488. The lowest BCUT2D eigenvalue weighted by Gasteiger charge is -2.13. The summed E-state index contributed by atoms with van der Waals surface area (Å²) in [6.45, 7) is 1.79. The number of carbonyl (C=O) groups is 1. The summed E-state index contributed by atoms with van der Waals surface area (Å²) in [4.78, 5) is 13.8. The molecule has 11 heteroatoms. The Kier molecular flexibility index (Phi) is 5.96. The first kappa shape index (κ1) is 21.0. The number of primary sulfonamides is 1. The van der Waals surface area contributed by atoms with Crippen LogP contribution in [-0.2, 0) is 21.2 Å². The standard InChI is InChI=1S/C19H21N5O3S3/c1-12(18(25)21-13-4-2-6-16(10-13)30(20,26)27)29-19-23-22-17(24(19)14-7-8-14)11-15-5-3-9-28-15/h2-6,9-10,12,14H,7-8,11H2,1H3,(H,21,25)(H2,20,26,27)/t12-/m1/s1. The summed E-state index contributed by atoms with van der Waals surface area (Å²) in [5.41, 5.74) is 0.376. The number of nitrogens with one attached hydrogen (secondary N) is 1. The number of thioether (sulfide) groups is 1. The monoisotopic (exact) mass is 463 g/mol. The summed E-state index contributed by atoms with van der Waals surface area (Å²) in [5, 5.41) is 18.9. The van der Waals surface area contributed by atoms with Crippen LogP contribution < -0.4 is 10.5 Å². The zero-order valence-electron chi connectivity index (χ0n) is 16.2. The second-order valence-electron chi connectivity index (χ2n) is 7.08. The Morgan fingerprint density at radius 1 is 1.33 bits per heavy atom. The van der Waals surface area contributed by atoms with E-state index < -0.39 is 15.3 Å². The van der Waals surface area contributed by atoms with Crippen LogP contribution >= 0.6 is 23.1 Å². The van der Waals surface area contributed by atoms with E-state index in [1.54, 1.807) is 24.3 Å². The van der Waals surface area contributed by atoms with E-state index in [1.165, 1.54) is 34.8 Å². The second kappa shape index (κ2) is 8.50. The molecule has 158 valence electrons. The van der Waals surface area contributed by atoms with Crippen molar-refractivity contribution in [1.29, 1.82) is 0 Å². The minimum atomic E-state index is -3.83. The average molecular weight is 464 g/mol. The lowest BCUT2D eigenvalue weighted by Crippen LogP contribution is -2.23. The number of sulfonamides is 1. The van der Waals surface area contributed by atoms with E-state index >= 15 is 0 Å². The van der Waals surface area contributed by atoms with Gasteiger partial charge in [0.05, 0.1) is 10.1 Å². The zero-order valence-corrected chi connectivity index (χ0v) is 18.6. The van der Waals surface area contributed by atoms with Crippen LogP contribution in [0.2, 0.25) is 0 Å². The normalized spacial score (nSPS) is 15.1. The Balaban J connectivity index is 1.47. The molecule has 1 fully saturated rings. The predicted molar refractivity (Wildman–Crippen MR) is 117 cm³/mol. The third-order valence-corrected chi connectivity index (χ3v) is 7.49. The number of rotatable bonds is 8. The fourth-order valence-corrected chi connectivity index (χ4v) is 5.18. The number of anilines is 1. The van der Waals surface area contributed by atoms with Crippen LogP contribution in [-0.4, -0.2) is 34.3 Å². The molecule has 3 N–H and O–H groups in total. The van der Waals surface area contributed by atoms with Gasteiger partial charge in [-0.25, -0.2) is 13.6 Å². The van der Waals surface area contributed by atoms with Gasteiger partial charge in [0.25, 0.3) is 0 Å². The second-order valence-corrected chi connectivity index (χ2v) is 11.0. The molecule has 2 heterocycles. The highest BCUT2D eigenvalue weighted by atomic mass is 32.2. The maximum Gasteiger partial charge on any atom is 0.238 e. The van der Waals surface area contributed by atoms with Gasteiger partial charge in [0, 0.05) is 23.0 Å². The molecule has 0 bridgehead atoms. The van der Waals surface area contributed by atoms with Gasteiger partial charge in [0.2, 0.25) is 15.9 Å². The van der Waals surface area contributed by atoms with Crippen molar-refractivity contribution in [1.82, 2.24) is 14.8 Å². The van der Waals surface area contributed by atoms with Gasteiger partial charge in [0.15, 0.2) is 5.16 Å². The summed E-state index contributed by atoms with van der Waals surface area (Å²) in [5.74, 6) is 0.660. The summed E-state index contributed by atoms with van der Waals surface area (Å²) in [7, 11) is -3.83. The lowest BCUT2D eigenvalue weighted by molar-refractivity contribution is -0.115. The molecular formula is C19H21N5O3S3. The largest absolute Gasteiger partial charge is 0.325 e. The number of nitrogens with zero attached hydrogens (tertiary/aromatic N) is 3. The van der Waals surface area contributed by atoms with Gasteiger partial charge in [-0.1, -0.05) is 23.9 Å². The van der Waals surface area contributed by atoms with Gasteiger partial charge in [0.1, 0.15) is 5.82 Å². The van der Waals surface area contributed by atoms with E-state index in [1.807, 2.05) is 11.4 Å². The van der Waals surface area contributed by atoms with E-state index in [0.717, 1.165) is 30.2 Å². The molecule has 0 saturated heterocycles. The first-order valence-corrected chi connectivity index (χ1v) is 12.7. The summed E-state index contributed by atoms with van der Waals surface area (Å²) < 4.78 is 25.2. The first-order chi connectivity index (χ1) is 14.3. The Labute approximate surface area is 182 Å². The number of amides is 1. The molecule has 8 nitrogen and oxygen atoms in total. The predicted octanol–water partition coefficient (Wildman–Crippen LogP) is 3.03. The third kappa shape index (κ3) is 4.91. The molecule has 0 spiro atoms. The Bertz CT molecular complexity index is 1150. The molecule has 0 unspecified atom stereocenters. The maximum absolute atomic E-state index is 12.7. The van der Waals surface area contributed by atoms with Crippen molar-refractivity contribution in [2.75, 3.05) is 5.32 Å². The highest BCUT2D eigenvalue weighted by Crippen LogP contribution is 2.40. The van der Waals surface area contributed by atoms with Crippen molar-refractivity contribution < 1.29 is 13.2 Å². The molecule has 1 aromatic carbocycles. The van der Waals surface area contributed by atoms with Crippen molar-refractivity contribution in [3.05, 3.63) is 52.5 Å². The van der Waals surface area contributed by atoms with E-state index in [9.17, 15) is 13.2 Å². The van der Waals surface area contributed by atoms with Crippen molar-refractivity contribution in [2.24, 2.45) is 5.14 Å². The molecule has 1 atom stereocenters. The zero-order chi connectivity index (χ0) is 21.3. The number of benzene rings is 1. The molecule has 1 aliphatic carbocycles. The summed E-state index contributed by atoms with van der Waals surface area (Å²) in [6.07, 6.45) is 2.90. The van der Waals surface area contributed by atoms with Gasteiger partial charge < -0.3 is 9.88 Å². The van der Waals surface area contributed by atoms with Crippen LogP contribution in [0, 0.1) is 0 Å². The minimum Gasteiger partial charge on any atom is -0.325 e. The highest BCUT2D eigenvalue weighted by Gasteiger charge is 2.31. The van der Waals surface area contributed by atoms with Gasteiger partial charge >= 0.3 is 0 Å². The number of hydrogen-bond acceptors (Lipinski definition) is 7. The molecule has 1 aliphatic rings.